The maximum absolute atomic E-state index is 13.0. The summed E-state index contributed by atoms with van der Waals surface area (Å²) in [5.41, 5.74) is 0.380. The first kappa shape index (κ1) is 18.8. The van der Waals surface area contributed by atoms with Crippen LogP contribution in [0.4, 0.5) is 0 Å². The summed E-state index contributed by atoms with van der Waals surface area (Å²) in [4.78, 5) is 20.0. The van der Waals surface area contributed by atoms with Crippen molar-refractivity contribution in [3.8, 4) is 9.88 Å². The second-order valence-corrected chi connectivity index (χ2v) is 10.9. The van der Waals surface area contributed by atoms with E-state index in [9.17, 15) is 13.2 Å². The molecule has 1 aliphatic heterocycles. The number of carbonyl (C=O) groups is 1. The molecule has 3 rings (SSSR count). The molecule has 25 heavy (non-hydrogen) atoms. The molecule has 1 amide bonds. The van der Waals surface area contributed by atoms with E-state index in [-0.39, 0.29) is 23.5 Å². The maximum Gasteiger partial charge on any atom is 0.273 e. The van der Waals surface area contributed by atoms with Crippen LogP contribution in [0.5, 0.6) is 0 Å². The maximum atomic E-state index is 13.0. The number of halogens is 1. The fourth-order valence-corrected chi connectivity index (χ4v) is 6.50. The van der Waals surface area contributed by atoms with Crippen LogP contribution in [0, 0.1) is 0 Å². The lowest BCUT2D eigenvalue weighted by Crippen LogP contribution is -2.42. The summed E-state index contributed by atoms with van der Waals surface area (Å²) < 4.78 is 24.3. The molecule has 1 fully saturated rings. The third kappa shape index (κ3) is 4.42. The molecule has 9 heteroatoms. The van der Waals surface area contributed by atoms with Crippen LogP contribution in [-0.2, 0) is 9.84 Å². The van der Waals surface area contributed by atoms with E-state index in [1.807, 2.05) is 6.07 Å². The Morgan fingerprint density at radius 2 is 2.24 bits per heavy atom. The van der Waals surface area contributed by atoms with Crippen molar-refractivity contribution >= 4 is 50.0 Å². The summed E-state index contributed by atoms with van der Waals surface area (Å²) in [5.74, 6) is 0.0320. The van der Waals surface area contributed by atoms with Gasteiger partial charge in [-0.05, 0) is 25.0 Å². The number of amides is 1. The highest BCUT2D eigenvalue weighted by Crippen LogP contribution is 2.33. The van der Waals surface area contributed by atoms with Gasteiger partial charge in [0.25, 0.3) is 5.91 Å². The molecule has 0 bridgehead atoms. The first-order valence-electron chi connectivity index (χ1n) is 8.12. The van der Waals surface area contributed by atoms with Gasteiger partial charge in [0.2, 0.25) is 0 Å². The summed E-state index contributed by atoms with van der Waals surface area (Å²) in [6, 6.07) is 3.45. The SMILES string of the molecule is CCCCN(C(=O)c1csc(-c2ccc(Cl)s2)n1)[C@H]1CCS(=O)(=O)C1. The molecule has 0 unspecified atom stereocenters. The molecule has 2 aromatic rings. The fourth-order valence-electron chi connectivity index (χ4n) is 2.86. The predicted molar refractivity (Wildman–Crippen MR) is 103 cm³/mol. The zero-order valence-electron chi connectivity index (χ0n) is 13.8. The van der Waals surface area contributed by atoms with Gasteiger partial charge < -0.3 is 4.90 Å². The largest absolute Gasteiger partial charge is 0.333 e. The number of sulfone groups is 1. The molecule has 1 atom stereocenters. The summed E-state index contributed by atoms with van der Waals surface area (Å²) in [6.45, 7) is 2.61. The van der Waals surface area contributed by atoms with Crippen molar-refractivity contribution in [2.45, 2.75) is 32.2 Å². The van der Waals surface area contributed by atoms with Crippen LogP contribution in [0.15, 0.2) is 17.5 Å². The van der Waals surface area contributed by atoms with Crippen LogP contribution in [0.3, 0.4) is 0 Å². The van der Waals surface area contributed by atoms with Gasteiger partial charge in [0, 0.05) is 18.0 Å². The van der Waals surface area contributed by atoms with Gasteiger partial charge in [0.1, 0.15) is 10.7 Å². The number of aromatic nitrogens is 1. The number of hydrogen-bond acceptors (Lipinski definition) is 6. The third-order valence-electron chi connectivity index (χ3n) is 4.17. The lowest BCUT2D eigenvalue weighted by Gasteiger charge is -2.27. The number of rotatable bonds is 6. The van der Waals surface area contributed by atoms with Gasteiger partial charge in [-0.15, -0.1) is 22.7 Å². The number of hydrogen-bond donors (Lipinski definition) is 0. The van der Waals surface area contributed by atoms with Gasteiger partial charge in [0.05, 0.1) is 20.7 Å². The number of carbonyl (C=O) groups excluding carboxylic acids is 1. The van der Waals surface area contributed by atoms with Crippen molar-refractivity contribution in [3.05, 3.63) is 27.5 Å². The lowest BCUT2D eigenvalue weighted by molar-refractivity contribution is 0.0689. The molecule has 1 saturated heterocycles. The Morgan fingerprint density at radius 1 is 1.44 bits per heavy atom. The minimum atomic E-state index is -3.04. The molecule has 0 radical (unpaired) electrons. The Labute approximate surface area is 160 Å². The second-order valence-electron chi connectivity index (χ2n) is 6.05. The number of unbranched alkanes of at least 4 members (excludes halogenated alkanes) is 1. The first-order chi connectivity index (χ1) is 11.9. The predicted octanol–water partition coefficient (Wildman–Crippen LogP) is 3.95. The Hall–Kier alpha value is -0.960. The Kier molecular flexibility index (Phi) is 5.82. The van der Waals surface area contributed by atoms with E-state index in [0.29, 0.717) is 23.0 Å². The van der Waals surface area contributed by atoms with Crippen LogP contribution in [0.2, 0.25) is 4.34 Å². The topological polar surface area (TPSA) is 67.3 Å². The fraction of sp³-hybridized carbons (Fsp3) is 0.500. The van der Waals surface area contributed by atoms with Crippen molar-refractivity contribution in [2.24, 2.45) is 0 Å². The van der Waals surface area contributed by atoms with Gasteiger partial charge in [-0.25, -0.2) is 13.4 Å². The average Bonchev–Trinajstić information content (AvgIpc) is 3.27. The average molecular weight is 419 g/mol. The van der Waals surface area contributed by atoms with Gasteiger partial charge in [-0.3, -0.25) is 4.79 Å². The van der Waals surface area contributed by atoms with Gasteiger partial charge in [-0.1, -0.05) is 24.9 Å². The molecule has 2 aromatic heterocycles. The van der Waals surface area contributed by atoms with Crippen LogP contribution in [0.25, 0.3) is 9.88 Å². The highest BCUT2D eigenvalue weighted by atomic mass is 35.5. The van der Waals surface area contributed by atoms with Crippen molar-refractivity contribution < 1.29 is 13.2 Å². The lowest BCUT2D eigenvalue weighted by atomic mass is 10.2. The Bertz CT molecular complexity index is 860. The van der Waals surface area contributed by atoms with Gasteiger partial charge in [0.15, 0.2) is 9.84 Å². The molecular weight excluding hydrogens is 400 g/mol. The van der Waals surface area contributed by atoms with Crippen molar-refractivity contribution in [1.82, 2.24) is 9.88 Å². The summed E-state index contributed by atoms with van der Waals surface area (Å²) in [6.07, 6.45) is 2.30. The molecule has 136 valence electrons. The molecule has 0 aliphatic carbocycles. The monoisotopic (exact) mass is 418 g/mol. The van der Waals surface area contributed by atoms with Crippen molar-refractivity contribution in [1.29, 1.82) is 0 Å². The minimum Gasteiger partial charge on any atom is -0.333 e. The van der Waals surface area contributed by atoms with Gasteiger partial charge >= 0.3 is 0 Å². The second kappa shape index (κ2) is 7.73. The molecule has 3 heterocycles. The molecule has 5 nitrogen and oxygen atoms in total. The highest BCUT2D eigenvalue weighted by Gasteiger charge is 2.35. The van der Waals surface area contributed by atoms with E-state index < -0.39 is 9.84 Å². The third-order valence-corrected chi connectivity index (χ3v) is 8.16. The Balaban J connectivity index is 1.81. The number of nitrogens with zero attached hydrogens (tertiary/aromatic N) is 2. The van der Waals surface area contributed by atoms with Gasteiger partial charge in [-0.2, -0.15) is 0 Å². The normalized spacial score (nSPS) is 19.2. The van der Waals surface area contributed by atoms with Crippen LogP contribution < -0.4 is 0 Å². The van der Waals surface area contributed by atoms with Crippen molar-refractivity contribution in [2.75, 3.05) is 18.1 Å². The number of thiazole rings is 1. The van der Waals surface area contributed by atoms with E-state index in [4.69, 9.17) is 11.6 Å². The molecule has 0 aromatic carbocycles. The van der Waals surface area contributed by atoms with Crippen molar-refractivity contribution in [3.63, 3.8) is 0 Å². The molecule has 1 aliphatic rings. The zero-order valence-corrected chi connectivity index (χ0v) is 17.0. The van der Waals surface area contributed by atoms with Crippen LogP contribution in [0.1, 0.15) is 36.7 Å². The van der Waals surface area contributed by atoms with Crippen LogP contribution >= 0.6 is 34.3 Å². The van der Waals surface area contributed by atoms with E-state index in [2.05, 4.69) is 11.9 Å². The summed E-state index contributed by atoms with van der Waals surface area (Å²) >= 11 is 8.79. The molecule has 0 N–H and O–H groups in total. The molecule has 0 spiro atoms. The number of thiophene rings is 1. The smallest absolute Gasteiger partial charge is 0.273 e. The minimum absolute atomic E-state index is 0.0555. The molecular formula is C16H19ClN2O3S3. The van der Waals surface area contributed by atoms with E-state index in [0.717, 1.165) is 22.7 Å². The summed E-state index contributed by atoms with van der Waals surface area (Å²) in [7, 11) is -3.04. The Morgan fingerprint density at radius 3 is 2.84 bits per heavy atom. The van der Waals surface area contributed by atoms with E-state index in [1.54, 1.807) is 16.3 Å². The highest BCUT2D eigenvalue weighted by molar-refractivity contribution is 7.91. The first-order valence-corrected chi connectivity index (χ1v) is 12.0. The zero-order chi connectivity index (χ0) is 18.0. The van der Waals surface area contributed by atoms with Crippen LogP contribution in [-0.4, -0.2) is 48.3 Å². The molecule has 0 saturated carbocycles. The standard InChI is InChI=1S/C16H19ClN2O3S3/c1-2-3-7-19(11-6-8-25(21,22)10-11)16(20)12-9-23-15(18-12)13-4-5-14(17)24-13/h4-5,9,11H,2-3,6-8,10H2,1H3/t11-/m0/s1. The quantitative estimate of drug-likeness (QED) is 0.712. The summed E-state index contributed by atoms with van der Waals surface area (Å²) in [5, 5.41) is 2.50. The van der Waals surface area contributed by atoms with E-state index >= 15 is 0 Å². The van der Waals surface area contributed by atoms with E-state index in [1.165, 1.54) is 22.7 Å².